The van der Waals surface area contributed by atoms with Gasteiger partial charge in [-0.2, -0.15) is 13.2 Å². The van der Waals surface area contributed by atoms with Crippen LogP contribution in [0.4, 0.5) is 13.2 Å². The zero-order chi connectivity index (χ0) is 15.2. The van der Waals surface area contributed by atoms with Crippen molar-refractivity contribution in [3.05, 3.63) is 0 Å². The second-order valence-electron chi connectivity index (χ2n) is 6.28. The summed E-state index contributed by atoms with van der Waals surface area (Å²) in [7, 11) is 0. The van der Waals surface area contributed by atoms with Gasteiger partial charge in [-0.05, 0) is 31.6 Å². The van der Waals surface area contributed by atoms with Crippen LogP contribution in [0.1, 0.15) is 59.3 Å². The molecule has 1 fully saturated rings. The van der Waals surface area contributed by atoms with Gasteiger partial charge in [0.25, 0.3) is 0 Å². The van der Waals surface area contributed by atoms with Crippen molar-refractivity contribution in [3.63, 3.8) is 0 Å². The highest BCUT2D eigenvalue weighted by atomic mass is 19.4. The molecule has 2 nitrogen and oxygen atoms in total. The Morgan fingerprint density at radius 2 is 1.85 bits per heavy atom. The summed E-state index contributed by atoms with van der Waals surface area (Å²) < 4.78 is 42.5. The summed E-state index contributed by atoms with van der Waals surface area (Å²) in [5.74, 6) is 0.702. The van der Waals surface area contributed by atoms with E-state index in [1.807, 2.05) is 13.8 Å². The van der Waals surface area contributed by atoms with Gasteiger partial charge in [-0.1, -0.05) is 27.2 Å². The zero-order valence-corrected chi connectivity index (χ0v) is 12.9. The van der Waals surface area contributed by atoms with Gasteiger partial charge in [-0.3, -0.25) is 0 Å². The molecule has 0 heterocycles. The first-order valence-corrected chi connectivity index (χ1v) is 7.70. The summed E-state index contributed by atoms with van der Waals surface area (Å²) in [5, 5.41) is 3.33. The monoisotopic (exact) mass is 295 g/mol. The lowest BCUT2D eigenvalue weighted by atomic mass is 9.77. The van der Waals surface area contributed by atoms with Crippen molar-refractivity contribution in [1.82, 2.24) is 5.32 Å². The minimum atomic E-state index is -4.13. The van der Waals surface area contributed by atoms with Crippen molar-refractivity contribution < 1.29 is 17.9 Å². The van der Waals surface area contributed by atoms with E-state index in [1.165, 1.54) is 0 Å². The van der Waals surface area contributed by atoms with Crippen LogP contribution in [-0.2, 0) is 4.74 Å². The van der Waals surface area contributed by atoms with Gasteiger partial charge in [-0.25, -0.2) is 0 Å². The normalized spacial score (nSPS) is 28.1. The summed E-state index contributed by atoms with van der Waals surface area (Å²) in [6, 6.07) is 0.321. The number of rotatable bonds is 7. The third-order valence-electron chi connectivity index (χ3n) is 4.22. The number of nitrogens with one attached hydrogen (secondary N) is 1. The smallest absolute Gasteiger partial charge is 0.373 e. The van der Waals surface area contributed by atoms with Gasteiger partial charge in [-0.15, -0.1) is 0 Å². The fourth-order valence-corrected chi connectivity index (χ4v) is 2.76. The lowest BCUT2D eigenvalue weighted by Gasteiger charge is -2.41. The van der Waals surface area contributed by atoms with Crippen LogP contribution in [-0.4, -0.2) is 31.0 Å². The Labute approximate surface area is 120 Å². The predicted octanol–water partition coefficient (Wildman–Crippen LogP) is 4.29. The standard InChI is InChI=1S/C15H28F3NO/c1-4-13-5-7-14(8-6-13,11-19-12(2)3)20-10-9-15(16,17)18/h12-13,19H,4-11H2,1-3H3. The lowest BCUT2D eigenvalue weighted by molar-refractivity contribution is -0.163. The first kappa shape index (κ1) is 17.8. The quantitative estimate of drug-likeness (QED) is 0.756. The Morgan fingerprint density at radius 1 is 1.25 bits per heavy atom. The lowest BCUT2D eigenvalue weighted by Crippen LogP contribution is -2.48. The molecular formula is C15H28F3NO. The first-order valence-electron chi connectivity index (χ1n) is 7.70. The van der Waals surface area contributed by atoms with E-state index in [0.717, 1.165) is 32.1 Å². The van der Waals surface area contributed by atoms with Crippen LogP contribution in [0.2, 0.25) is 0 Å². The number of halogens is 3. The van der Waals surface area contributed by atoms with Gasteiger partial charge in [0.15, 0.2) is 0 Å². The van der Waals surface area contributed by atoms with Crippen LogP contribution >= 0.6 is 0 Å². The average Bonchev–Trinajstić information content (AvgIpc) is 2.36. The molecule has 0 amide bonds. The third kappa shape index (κ3) is 6.44. The van der Waals surface area contributed by atoms with E-state index in [0.29, 0.717) is 18.5 Å². The number of hydrogen-bond acceptors (Lipinski definition) is 2. The number of alkyl halides is 3. The fraction of sp³-hybridized carbons (Fsp3) is 1.00. The van der Waals surface area contributed by atoms with Crippen LogP contribution in [0.5, 0.6) is 0 Å². The van der Waals surface area contributed by atoms with Gasteiger partial charge in [0, 0.05) is 12.6 Å². The van der Waals surface area contributed by atoms with Crippen molar-refractivity contribution in [2.75, 3.05) is 13.2 Å². The Kier molecular flexibility index (Phi) is 6.79. The minimum Gasteiger partial charge on any atom is -0.373 e. The molecule has 0 unspecified atom stereocenters. The average molecular weight is 295 g/mol. The molecule has 1 saturated carbocycles. The Hall–Kier alpha value is -0.290. The molecule has 1 aliphatic rings. The summed E-state index contributed by atoms with van der Waals surface area (Å²) in [6.45, 7) is 6.69. The van der Waals surface area contributed by atoms with Gasteiger partial charge >= 0.3 is 6.18 Å². The molecule has 0 aromatic heterocycles. The molecule has 0 aromatic rings. The molecule has 5 heteroatoms. The van der Waals surface area contributed by atoms with E-state index < -0.39 is 18.2 Å². The minimum absolute atomic E-state index is 0.222. The molecule has 1 N–H and O–H groups in total. The molecule has 120 valence electrons. The molecule has 0 spiro atoms. The van der Waals surface area contributed by atoms with Crippen LogP contribution in [0, 0.1) is 5.92 Å². The largest absolute Gasteiger partial charge is 0.391 e. The fourth-order valence-electron chi connectivity index (χ4n) is 2.76. The SMILES string of the molecule is CCC1CCC(CNC(C)C)(OCCC(F)(F)F)CC1. The van der Waals surface area contributed by atoms with Crippen molar-refractivity contribution in [3.8, 4) is 0 Å². The molecule has 0 saturated heterocycles. The molecule has 1 aliphatic carbocycles. The predicted molar refractivity (Wildman–Crippen MR) is 74.7 cm³/mol. The van der Waals surface area contributed by atoms with Crippen LogP contribution in [0.25, 0.3) is 0 Å². The highest BCUT2D eigenvalue weighted by molar-refractivity contribution is 4.89. The molecule has 0 aromatic carbocycles. The second-order valence-corrected chi connectivity index (χ2v) is 6.28. The van der Waals surface area contributed by atoms with Crippen LogP contribution < -0.4 is 5.32 Å². The van der Waals surface area contributed by atoms with Crippen molar-refractivity contribution in [2.24, 2.45) is 5.92 Å². The van der Waals surface area contributed by atoms with Gasteiger partial charge in [0.1, 0.15) is 0 Å². The summed E-state index contributed by atoms with van der Waals surface area (Å²) in [4.78, 5) is 0. The molecule has 20 heavy (non-hydrogen) atoms. The molecule has 0 radical (unpaired) electrons. The molecule has 0 bridgehead atoms. The van der Waals surface area contributed by atoms with E-state index in [1.54, 1.807) is 0 Å². The highest BCUT2D eigenvalue weighted by Gasteiger charge is 2.37. The topological polar surface area (TPSA) is 21.3 Å². The van der Waals surface area contributed by atoms with Crippen molar-refractivity contribution in [2.45, 2.75) is 77.1 Å². The van der Waals surface area contributed by atoms with Crippen molar-refractivity contribution >= 4 is 0 Å². The molecular weight excluding hydrogens is 267 g/mol. The Bertz CT molecular complexity index is 271. The maximum absolute atomic E-state index is 12.3. The molecule has 0 atom stereocenters. The third-order valence-corrected chi connectivity index (χ3v) is 4.22. The molecule has 1 rings (SSSR count). The van der Waals surface area contributed by atoms with Crippen LogP contribution in [0.3, 0.4) is 0 Å². The van der Waals surface area contributed by atoms with Gasteiger partial charge in [0.2, 0.25) is 0 Å². The highest BCUT2D eigenvalue weighted by Crippen LogP contribution is 2.36. The van der Waals surface area contributed by atoms with Crippen molar-refractivity contribution in [1.29, 1.82) is 0 Å². The van der Waals surface area contributed by atoms with E-state index in [9.17, 15) is 13.2 Å². The van der Waals surface area contributed by atoms with E-state index >= 15 is 0 Å². The zero-order valence-electron chi connectivity index (χ0n) is 12.9. The maximum atomic E-state index is 12.3. The van der Waals surface area contributed by atoms with E-state index in [2.05, 4.69) is 12.2 Å². The molecule has 0 aliphatic heterocycles. The summed E-state index contributed by atoms with van der Waals surface area (Å²) >= 11 is 0. The second kappa shape index (κ2) is 7.64. The summed E-state index contributed by atoms with van der Waals surface area (Å²) in [5.41, 5.74) is -0.402. The number of ether oxygens (including phenoxy) is 1. The Balaban J connectivity index is 2.51. The Morgan fingerprint density at radius 3 is 2.30 bits per heavy atom. The summed E-state index contributed by atoms with van der Waals surface area (Å²) in [6.07, 6.45) is 0.00785. The van der Waals surface area contributed by atoms with Crippen LogP contribution in [0.15, 0.2) is 0 Å². The maximum Gasteiger partial charge on any atom is 0.391 e. The first-order chi connectivity index (χ1) is 9.26. The van der Waals surface area contributed by atoms with Gasteiger partial charge < -0.3 is 10.1 Å². The van der Waals surface area contributed by atoms with E-state index in [4.69, 9.17) is 4.74 Å². The number of hydrogen-bond donors (Lipinski definition) is 1. The van der Waals surface area contributed by atoms with Gasteiger partial charge in [0.05, 0.1) is 18.6 Å². The van der Waals surface area contributed by atoms with E-state index in [-0.39, 0.29) is 6.61 Å².